The van der Waals surface area contributed by atoms with Crippen LogP contribution in [0.4, 0.5) is 17.6 Å². The van der Waals surface area contributed by atoms with Crippen LogP contribution in [-0.2, 0) is 11.8 Å². The third kappa shape index (κ3) is 2.78. The van der Waals surface area contributed by atoms with E-state index in [1.807, 2.05) is 19.3 Å². The lowest BCUT2D eigenvalue weighted by Crippen LogP contribution is -2.34. The second-order valence-corrected chi connectivity index (χ2v) is 5.93. The Hall–Kier alpha value is -2.44. The van der Waals surface area contributed by atoms with Crippen LogP contribution >= 0.6 is 0 Å². The van der Waals surface area contributed by atoms with Gasteiger partial charge in [0, 0.05) is 32.1 Å². The van der Waals surface area contributed by atoms with Gasteiger partial charge in [0.2, 0.25) is 11.9 Å². The number of anilines is 3. The molecule has 122 valence electrons. The van der Waals surface area contributed by atoms with Gasteiger partial charge in [-0.3, -0.25) is 14.4 Å². The predicted octanol–water partition coefficient (Wildman–Crippen LogP) is 2.50. The summed E-state index contributed by atoms with van der Waals surface area (Å²) >= 11 is 0. The highest BCUT2D eigenvalue weighted by atomic mass is 16.2. The Kier molecular flexibility index (Phi) is 4.02. The molecule has 1 saturated heterocycles. The first-order valence-electron chi connectivity index (χ1n) is 7.99. The minimum Gasteiger partial charge on any atom is -0.307 e. The maximum absolute atomic E-state index is 12.8. The molecule has 1 amide bonds. The molecule has 0 aromatic carbocycles. The van der Waals surface area contributed by atoms with Crippen molar-refractivity contribution in [1.82, 2.24) is 19.7 Å². The molecule has 23 heavy (non-hydrogen) atoms. The fourth-order valence-electron chi connectivity index (χ4n) is 3.10. The summed E-state index contributed by atoms with van der Waals surface area (Å²) in [5, 5.41) is 7.30. The second-order valence-electron chi connectivity index (χ2n) is 5.93. The molecule has 0 bridgehead atoms. The highest BCUT2D eigenvalue weighted by Crippen LogP contribution is 2.39. The lowest BCUT2D eigenvalue weighted by atomic mass is 9.81. The Bertz CT molecular complexity index is 706. The molecule has 0 spiro atoms. The molecule has 2 aromatic heterocycles. The van der Waals surface area contributed by atoms with E-state index in [0.29, 0.717) is 24.1 Å². The van der Waals surface area contributed by atoms with Crippen LogP contribution in [0.25, 0.3) is 0 Å². The summed E-state index contributed by atoms with van der Waals surface area (Å²) in [5.41, 5.74) is -0.237. The van der Waals surface area contributed by atoms with Crippen molar-refractivity contribution in [2.24, 2.45) is 12.5 Å². The third-order valence-electron chi connectivity index (χ3n) is 4.74. The Morgan fingerprint density at radius 3 is 2.70 bits per heavy atom. The minimum absolute atomic E-state index is 0.171. The molecule has 0 radical (unpaired) electrons. The molecule has 0 aliphatic carbocycles. The van der Waals surface area contributed by atoms with Gasteiger partial charge in [0.25, 0.3) is 0 Å². The third-order valence-corrected chi connectivity index (χ3v) is 4.74. The fourth-order valence-corrected chi connectivity index (χ4v) is 3.10. The molecule has 0 saturated carbocycles. The summed E-state index contributed by atoms with van der Waals surface area (Å²) in [6.07, 6.45) is 6.11. The number of hydrogen-bond donors (Lipinski definition) is 1. The fraction of sp³-hybridized carbons (Fsp3) is 0.500. The van der Waals surface area contributed by atoms with Crippen LogP contribution in [0, 0.1) is 5.41 Å². The van der Waals surface area contributed by atoms with Crippen LogP contribution in [0.3, 0.4) is 0 Å². The van der Waals surface area contributed by atoms with Crippen LogP contribution in [0.5, 0.6) is 0 Å². The highest BCUT2D eigenvalue weighted by molar-refractivity contribution is 5.99. The second kappa shape index (κ2) is 5.98. The largest absolute Gasteiger partial charge is 0.307 e. The number of rotatable bonds is 5. The summed E-state index contributed by atoms with van der Waals surface area (Å²) < 4.78 is 1.70. The van der Waals surface area contributed by atoms with Crippen molar-refractivity contribution in [2.45, 2.75) is 33.1 Å². The molecule has 1 fully saturated rings. The molecule has 0 unspecified atom stereocenters. The average molecular weight is 314 g/mol. The lowest BCUT2D eigenvalue weighted by molar-refractivity contribution is -0.125. The Balaban J connectivity index is 1.82. The SMILES string of the molecule is CCC1(CC)CCN(c2ccnc(Nc3ccn(C)n3)n2)C1=O. The van der Waals surface area contributed by atoms with Crippen molar-refractivity contribution >= 4 is 23.5 Å². The summed E-state index contributed by atoms with van der Waals surface area (Å²) in [6.45, 7) is 4.87. The van der Waals surface area contributed by atoms with Crippen LogP contribution in [-0.4, -0.2) is 32.2 Å². The van der Waals surface area contributed by atoms with Gasteiger partial charge in [-0.05, 0) is 25.3 Å². The number of aromatic nitrogens is 4. The van der Waals surface area contributed by atoms with Gasteiger partial charge in [0.15, 0.2) is 5.82 Å². The molecule has 3 rings (SSSR count). The molecule has 1 aliphatic rings. The first-order chi connectivity index (χ1) is 11.1. The van der Waals surface area contributed by atoms with Crippen molar-refractivity contribution in [3.05, 3.63) is 24.5 Å². The van der Waals surface area contributed by atoms with Crippen LogP contribution in [0.2, 0.25) is 0 Å². The Morgan fingerprint density at radius 1 is 1.30 bits per heavy atom. The number of nitrogens with one attached hydrogen (secondary N) is 1. The molecule has 0 atom stereocenters. The van der Waals surface area contributed by atoms with Crippen molar-refractivity contribution < 1.29 is 4.79 Å². The normalized spacial score (nSPS) is 16.8. The lowest BCUT2D eigenvalue weighted by Gasteiger charge is -2.24. The van der Waals surface area contributed by atoms with Gasteiger partial charge in [0.1, 0.15) is 5.82 Å². The minimum atomic E-state index is -0.237. The highest BCUT2D eigenvalue weighted by Gasteiger charge is 2.44. The Labute approximate surface area is 135 Å². The zero-order valence-electron chi connectivity index (χ0n) is 13.8. The zero-order valence-corrected chi connectivity index (χ0v) is 13.8. The van der Waals surface area contributed by atoms with E-state index in [1.54, 1.807) is 21.8 Å². The van der Waals surface area contributed by atoms with Crippen molar-refractivity contribution in [2.75, 3.05) is 16.8 Å². The summed E-state index contributed by atoms with van der Waals surface area (Å²) in [7, 11) is 1.85. The van der Waals surface area contributed by atoms with Crippen molar-refractivity contribution in [3.63, 3.8) is 0 Å². The first kappa shape index (κ1) is 15.5. The number of nitrogens with zero attached hydrogens (tertiary/aromatic N) is 5. The van der Waals surface area contributed by atoms with E-state index in [4.69, 9.17) is 0 Å². The monoisotopic (exact) mass is 314 g/mol. The molecular weight excluding hydrogens is 292 g/mol. The molecule has 2 aromatic rings. The van der Waals surface area contributed by atoms with Crippen LogP contribution in [0.1, 0.15) is 33.1 Å². The average Bonchev–Trinajstić information content (AvgIpc) is 3.11. The topological polar surface area (TPSA) is 75.9 Å². The number of carbonyl (C=O) groups excluding carboxylic acids is 1. The molecule has 3 heterocycles. The summed E-state index contributed by atoms with van der Waals surface area (Å²) in [5.74, 6) is 1.94. The molecule has 1 N–H and O–H groups in total. The number of carbonyl (C=O) groups is 1. The quantitative estimate of drug-likeness (QED) is 0.917. The maximum atomic E-state index is 12.8. The van der Waals surface area contributed by atoms with Gasteiger partial charge in [0.05, 0.1) is 5.41 Å². The molecule has 1 aliphatic heterocycles. The standard InChI is InChI=1S/C16H22N6O/c1-4-16(5-2)8-11-22(14(16)23)13-6-9-17-15(19-13)18-12-7-10-21(3)20-12/h6-7,9-10H,4-5,8,11H2,1-3H3,(H,17,18,19,20). The van der Waals surface area contributed by atoms with E-state index >= 15 is 0 Å². The number of hydrogen-bond acceptors (Lipinski definition) is 5. The van der Waals surface area contributed by atoms with E-state index in [1.165, 1.54) is 0 Å². The Morgan fingerprint density at radius 2 is 2.09 bits per heavy atom. The number of amides is 1. The van der Waals surface area contributed by atoms with Crippen molar-refractivity contribution in [3.8, 4) is 0 Å². The predicted molar refractivity (Wildman–Crippen MR) is 88.5 cm³/mol. The van der Waals surface area contributed by atoms with Gasteiger partial charge < -0.3 is 5.32 Å². The zero-order chi connectivity index (χ0) is 16.4. The van der Waals surface area contributed by atoms with Gasteiger partial charge in [-0.15, -0.1) is 0 Å². The molecular formula is C16H22N6O. The first-order valence-corrected chi connectivity index (χ1v) is 7.99. The summed E-state index contributed by atoms with van der Waals surface area (Å²) in [4.78, 5) is 23.3. The van der Waals surface area contributed by atoms with E-state index in [9.17, 15) is 4.79 Å². The van der Waals surface area contributed by atoms with Gasteiger partial charge in [-0.2, -0.15) is 10.1 Å². The number of aryl methyl sites for hydroxylation is 1. The molecule has 7 nitrogen and oxygen atoms in total. The van der Waals surface area contributed by atoms with Crippen molar-refractivity contribution in [1.29, 1.82) is 0 Å². The van der Waals surface area contributed by atoms with Crippen LogP contribution in [0.15, 0.2) is 24.5 Å². The van der Waals surface area contributed by atoms with Gasteiger partial charge >= 0.3 is 0 Å². The van der Waals surface area contributed by atoms with Gasteiger partial charge in [-0.25, -0.2) is 4.98 Å². The maximum Gasteiger partial charge on any atom is 0.234 e. The van der Waals surface area contributed by atoms with E-state index in [-0.39, 0.29) is 11.3 Å². The van der Waals surface area contributed by atoms with E-state index < -0.39 is 0 Å². The van der Waals surface area contributed by atoms with Crippen LogP contribution < -0.4 is 10.2 Å². The molecule has 7 heteroatoms. The van der Waals surface area contributed by atoms with E-state index in [2.05, 4.69) is 34.2 Å². The van der Waals surface area contributed by atoms with Gasteiger partial charge in [-0.1, -0.05) is 13.8 Å². The summed E-state index contributed by atoms with van der Waals surface area (Å²) in [6, 6.07) is 3.62. The van der Waals surface area contributed by atoms with E-state index in [0.717, 1.165) is 19.3 Å². The smallest absolute Gasteiger partial charge is 0.234 e.